The van der Waals surface area contributed by atoms with E-state index in [4.69, 9.17) is 0 Å². The lowest BCUT2D eigenvalue weighted by Gasteiger charge is -2.21. The summed E-state index contributed by atoms with van der Waals surface area (Å²) in [5, 5.41) is 5.11. The molecule has 21 heavy (non-hydrogen) atoms. The number of hydrogen-bond donors (Lipinski definition) is 2. The zero-order chi connectivity index (χ0) is 15.9. The van der Waals surface area contributed by atoms with Gasteiger partial charge in [-0.05, 0) is 38.4 Å². The van der Waals surface area contributed by atoms with Crippen LogP contribution in [0.25, 0.3) is 0 Å². The summed E-state index contributed by atoms with van der Waals surface area (Å²) in [7, 11) is 0. The first-order chi connectivity index (χ1) is 9.80. The minimum absolute atomic E-state index is 0.0355. The van der Waals surface area contributed by atoms with Crippen molar-refractivity contribution in [2.75, 3.05) is 13.1 Å². The van der Waals surface area contributed by atoms with Crippen molar-refractivity contribution in [2.45, 2.75) is 38.9 Å². The summed E-state index contributed by atoms with van der Waals surface area (Å²) in [6.45, 7) is 5.34. The standard InChI is InChI=1S/C11H12F3NO.C4H9N/c1-7-3-5-9(6-4-7)10(11(12,13)14)15-8(2)16;1-2-4-5-3-1/h3-6,10H,1-2H3,(H,15,16);5H,1-4H2. The molecule has 0 radical (unpaired) electrons. The third-order valence-electron chi connectivity index (χ3n) is 3.04. The van der Waals surface area contributed by atoms with Gasteiger partial charge in [0.15, 0.2) is 6.04 Å². The number of alkyl halides is 3. The summed E-state index contributed by atoms with van der Waals surface area (Å²) in [5.41, 5.74) is 0.904. The van der Waals surface area contributed by atoms with Crippen LogP contribution in [0.15, 0.2) is 24.3 Å². The summed E-state index contributed by atoms with van der Waals surface area (Å²) in [6, 6.07) is 3.95. The summed E-state index contributed by atoms with van der Waals surface area (Å²) in [6.07, 6.45) is -1.71. The number of nitrogens with one attached hydrogen (secondary N) is 2. The van der Waals surface area contributed by atoms with Crippen molar-refractivity contribution in [3.05, 3.63) is 35.4 Å². The second-order valence-electron chi connectivity index (χ2n) is 5.04. The number of carbonyl (C=O) groups excluding carboxylic acids is 1. The zero-order valence-corrected chi connectivity index (χ0v) is 12.3. The smallest absolute Gasteiger partial charge is 0.341 e. The Labute approximate surface area is 122 Å². The lowest BCUT2D eigenvalue weighted by molar-refractivity contribution is -0.162. The Bertz CT molecular complexity index is 432. The van der Waals surface area contributed by atoms with Gasteiger partial charge in [-0.1, -0.05) is 29.8 Å². The van der Waals surface area contributed by atoms with E-state index < -0.39 is 18.1 Å². The van der Waals surface area contributed by atoms with Crippen molar-refractivity contribution in [1.29, 1.82) is 0 Å². The molecule has 1 aromatic rings. The molecule has 0 aliphatic carbocycles. The number of benzene rings is 1. The van der Waals surface area contributed by atoms with Gasteiger partial charge in [-0.3, -0.25) is 4.79 Å². The van der Waals surface area contributed by atoms with E-state index >= 15 is 0 Å². The van der Waals surface area contributed by atoms with Gasteiger partial charge in [-0.15, -0.1) is 0 Å². The molecule has 2 rings (SSSR count). The molecular weight excluding hydrogens is 281 g/mol. The molecule has 6 heteroatoms. The van der Waals surface area contributed by atoms with Gasteiger partial charge < -0.3 is 10.6 Å². The van der Waals surface area contributed by atoms with Crippen LogP contribution in [0, 0.1) is 6.92 Å². The first kappa shape index (κ1) is 17.5. The Kier molecular flexibility index (Phi) is 6.68. The first-order valence-electron chi connectivity index (χ1n) is 6.92. The van der Waals surface area contributed by atoms with Gasteiger partial charge in [0.2, 0.25) is 5.91 Å². The minimum Gasteiger partial charge on any atom is -0.341 e. The van der Waals surface area contributed by atoms with Crippen LogP contribution in [0.1, 0.15) is 36.9 Å². The second kappa shape index (κ2) is 8.02. The maximum atomic E-state index is 12.7. The van der Waals surface area contributed by atoms with Crippen molar-refractivity contribution < 1.29 is 18.0 Å². The average molecular weight is 302 g/mol. The number of carbonyl (C=O) groups is 1. The van der Waals surface area contributed by atoms with Gasteiger partial charge in [0.1, 0.15) is 0 Å². The predicted molar refractivity (Wildman–Crippen MR) is 75.9 cm³/mol. The van der Waals surface area contributed by atoms with E-state index in [0.29, 0.717) is 0 Å². The maximum Gasteiger partial charge on any atom is 0.412 e. The third kappa shape index (κ3) is 6.62. The highest BCUT2D eigenvalue weighted by Gasteiger charge is 2.41. The number of hydrogen-bond acceptors (Lipinski definition) is 2. The number of rotatable bonds is 2. The van der Waals surface area contributed by atoms with Crippen molar-refractivity contribution in [2.24, 2.45) is 0 Å². The molecular formula is C15H21F3N2O. The molecule has 0 saturated carbocycles. The lowest BCUT2D eigenvalue weighted by atomic mass is 10.0. The molecule has 1 amide bonds. The van der Waals surface area contributed by atoms with E-state index in [1.165, 1.54) is 38.1 Å². The van der Waals surface area contributed by atoms with Crippen LogP contribution in [-0.4, -0.2) is 25.2 Å². The van der Waals surface area contributed by atoms with Crippen molar-refractivity contribution in [1.82, 2.24) is 10.6 Å². The van der Waals surface area contributed by atoms with Crippen LogP contribution in [0.3, 0.4) is 0 Å². The number of aryl methyl sites for hydroxylation is 1. The normalized spacial score (nSPS) is 15.9. The SMILES string of the molecule is C1CCNC1.CC(=O)NC(c1ccc(C)cc1)C(F)(F)F. The molecule has 1 heterocycles. The van der Waals surface area contributed by atoms with Gasteiger partial charge in [0.05, 0.1) is 0 Å². The van der Waals surface area contributed by atoms with E-state index in [0.717, 1.165) is 12.5 Å². The molecule has 118 valence electrons. The molecule has 0 bridgehead atoms. The average Bonchev–Trinajstić information content (AvgIpc) is 2.95. The van der Waals surface area contributed by atoms with Crippen LogP contribution in [0.5, 0.6) is 0 Å². The second-order valence-corrected chi connectivity index (χ2v) is 5.04. The quantitative estimate of drug-likeness (QED) is 0.881. The van der Waals surface area contributed by atoms with Crippen molar-refractivity contribution in [3.63, 3.8) is 0 Å². The molecule has 1 unspecified atom stereocenters. The highest BCUT2D eigenvalue weighted by atomic mass is 19.4. The highest BCUT2D eigenvalue weighted by Crippen LogP contribution is 2.32. The largest absolute Gasteiger partial charge is 0.412 e. The highest BCUT2D eigenvalue weighted by molar-refractivity contribution is 5.73. The molecule has 1 aliphatic rings. The summed E-state index contributed by atoms with van der Waals surface area (Å²) in [5.74, 6) is -0.706. The van der Waals surface area contributed by atoms with E-state index in [1.807, 2.05) is 5.32 Å². The molecule has 2 N–H and O–H groups in total. The van der Waals surface area contributed by atoms with E-state index in [2.05, 4.69) is 5.32 Å². The molecule has 1 saturated heterocycles. The third-order valence-corrected chi connectivity index (χ3v) is 3.04. The fourth-order valence-electron chi connectivity index (χ4n) is 1.94. The minimum atomic E-state index is -4.49. The van der Waals surface area contributed by atoms with E-state index in [-0.39, 0.29) is 5.56 Å². The fourth-order valence-corrected chi connectivity index (χ4v) is 1.94. The van der Waals surface area contributed by atoms with Gasteiger partial charge in [-0.25, -0.2) is 0 Å². The Hall–Kier alpha value is -1.56. The molecule has 3 nitrogen and oxygen atoms in total. The molecule has 1 atom stereocenters. The monoisotopic (exact) mass is 302 g/mol. The fraction of sp³-hybridized carbons (Fsp3) is 0.533. The predicted octanol–water partition coefficient (Wildman–Crippen LogP) is 3.10. The van der Waals surface area contributed by atoms with Gasteiger partial charge in [0.25, 0.3) is 0 Å². The van der Waals surface area contributed by atoms with Gasteiger partial charge in [-0.2, -0.15) is 13.2 Å². The maximum absolute atomic E-state index is 12.7. The summed E-state index contributed by atoms with van der Waals surface area (Å²) >= 11 is 0. The summed E-state index contributed by atoms with van der Waals surface area (Å²) in [4.78, 5) is 10.7. The first-order valence-corrected chi connectivity index (χ1v) is 6.92. The Morgan fingerprint density at radius 2 is 1.71 bits per heavy atom. The molecule has 0 spiro atoms. The number of amides is 1. The lowest BCUT2D eigenvalue weighted by Crippen LogP contribution is -2.36. The van der Waals surface area contributed by atoms with Crippen molar-refractivity contribution >= 4 is 5.91 Å². The molecule has 1 fully saturated rings. The number of halogens is 3. The van der Waals surface area contributed by atoms with Crippen LogP contribution in [-0.2, 0) is 4.79 Å². The van der Waals surface area contributed by atoms with Crippen LogP contribution >= 0.6 is 0 Å². The molecule has 1 aromatic carbocycles. The van der Waals surface area contributed by atoms with E-state index in [1.54, 1.807) is 19.1 Å². The summed E-state index contributed by atoms with van der Waals surface area (Å²) < 4.78 is 38.0. The Morgan fingerprint density at radius 3 is 2.05 bits per heavy atom. The molecule has 1 aliphatic heterocycles. The van der Waals surface area contributed by atoms with Crippen LogP contribution in [0.4, 0.5) is 13.2 Å². The van der Waals surface area contributed by atoms with Gasteiger partial charge >= 0.3 is 6.18 Å². The topological polar surface area (TPSA) is 41.1 Å². The molecule has 0 aromatic heterocycles. The Balaban J connectivity index is 0.000000369. The Morgan fingerprint density at radius 1 is 1.19 bits per heavy atom. The van der Waals surface area contributed by atoms with Crippen LogP contribution < -0.4 is 10.6 Å². The van der Waals surface area contributed by atoms with Gasteiger partial charge in [0, 0.05) is 6.92 Å². The van der Waals surface area contributed by atoms with E-state index in [9.17, 15) is 18.0 Å². The van der Waals surface area contributed by atoms with Crippen molar-refractivity contribution in [3.8, 4) is 0 Å². The van der Waals surface area contributed by atoms with Crippen LogP contribution in [0.2, 0.25) is 0 Å². The zero-order valence-electron chi connectivity index (χ0n) is 12.3.